The molecule has 0 aliphatic rings. The summed E-state index contributed by atoms with van der Waals surface area (Å²) in [5.41, 5.74) is 5.01. The number of rotatable bonds is 0. The van der Waals surface area contributed by atoms with Crippen LogP contribution in [0.3, 0.4) is 0 Å². The smallest absolute Gasteiger partial charge is 0.319 e. The first-order chi connectivity index (χ1) is 3.79. The molecule has 0 aliphatic heterocycles. The van der Waals surface area contributed by atoms with Crippen LogP contribution in [0.4, 0.5) is 5.95 Å². The van der Waals surface area contributed by atoms with E-state index in [1.54, 1.807) is 0 Å². The Morgan fingerprint density at radius 2 is 2.25 bits per heavy atom. The molecule has 3 N–H and O–H groups in total. The molecule has 1 heterocycles. The fourth-order valence-corrected chi connectivity index (χ4v) is 0.273. The van der Waals surface area contributed by atoms with Gasteiger partial charge >= 0.3 is 6.01 Å². The lowest BCUT2D eigenvalue weighted by atomic mass is 10.9. The van der Waals surface area contributed by atoms with Crippen LogP contribution in [0.1, 0.15) is 0 Å². The predicted molar refractivity (Wildman–Crippen MR) is 24.7 cm³/mol. The summed E-state index contributed by atoms with van der Waals surface area (Å²) in [6.45, 7) is 0. The molecule has 41 valence electrons. The normalized spacial score (nSPS) is 9.00. The molecular weight excluding hydrogens is 108 g/mol. The lowest BCUT2D eigenvalue weighted by Crippen LogP contribution is -1.94. The Bertz CT molecular complexity index is 171. The van der Waals surface area contributed by atoms with Crippen molar-refractivity contribution in [3.63, 3.8) is 0 Å². The molecule has 8 heavy (non-hydrogen) atoms. The van der Waals surface area contributed by atoms with E-state index in [2.05, 4.69) is 21.3 Å². The van der Waals surface area contributed by atoms with Gasteiger partial charge in [0.05, 0.1) is 0 Å². The van der Waals surface area contributed by atoms with Crippen molar-refractivity contribution in [2.75, 3.05) is 5.73 Å². The second-order valence-electron chi connectivity index (χ2n) is 1.09. The van der Waals surface area contributed by atoms with Crippen molar-refractivity contribution >= 4 is 5.95 Å². The third-order valence-corrected chi connectivity index (χ3v) is 0.529. The van der Waals surface area contributed by atoms with Gasteiger partial charge in [-0.25, -0.2) is 0 Å². The minimum absolute atomic E-state index is 0.0301. The molecule has 0 aromatic carbocycles. The van der Waals surface area contributed by atoms with E-state index in [0.29, 0.717) is 0 Å². The van der Waals surface area contributed by atoms with E-state index in [0.717, 1.165) is 0 Å². The first-order valence-corrected chi connectivity index (χ1v) is 1.85. The van der Waals surface area contributed by atoms with Crippen LogP contribution in [-0.2, 0) is 0 Å². The van der Waals surface area contributed by atoms with Gasteiger partial charge in [-0.05, 0) is 0 Å². The molecule has 0 spiro atoms. The number of hydrogen-bond acceptors (Lipinski definition) is 5. The third kappa shape index (κ3) is 0.810. The summed E-state index contributed by atoms with van der Waals surface area (Å²) < 4.78 is 0. The quantitative estimate of drug-likeness (QED) is 0.446. The molecule has 0 atom stereocenters. The molecule has 5 heteroatoms. The van der Waals surface area contributed by atoms with E-state index in [-0.39, 0.29) is 5.95 Å². The van der Waals surface area contributed by atoms with E-state index in [1.165, 1.54) is 0 Å². The summed E-state index contributed by atoms with van der Waals surface area (Å²) in [6.07, 6.45) is 2.09. The van der Waals surface area contributed by atoms with Crippen molar-refractivity contribution in [1.82, 2.24) is 15.0 Å². The van der Waals surface area contributed by atoms with Crippen LogP contribution in [0.5, 0.6) is 6.01 Å². The molecule has 0 unspecified atom stereocenters. The average molecular weight is 111 g/mol. The van der Waals surface area contributed by atoms with E-state index in [9.17, 15) is 0 Å². The van der Waals surface area contributed by atoms with Crippen molar-refractivity contribution in [3.05, 3.63) is 6.33 Å². The molecule has 1 rings (SSSR count). The fourth-order valence-electron chi connectivity index (χ4n) is 0.273. The van der Waals surface area contributed by atoms with Crippen molar-refractivity contribution in [2.24, 2.45) is 0 Å². The standard InChI is InChI=1S/C3H3N4O/c4-2-5-1-6-3(8)7-2/h(H3,4,5,6,7,8). The van der Waals surface area contributed by atoms with Crippen molar-refractivity contribution in [2.45, 2.75) is 0 Å². The zero-order valence-electron chi connectivity index (χ0n) is 3.87. The summed E-state index contributed by atoms with van der Waals surface area (Å²) in [6, 6.07) is -0.405. The van der Waals surface area contributed by atoms with E-state index in [4.69, 9.17) is 10.8 Å². The Kier molecular flexibility index (Phi) is 0.957. The Labute approximate surface area is 45.2 Å². The Morgan fingerprint density at radius 1 is 1.50 bits per heavy atom. The second kappa shape index (κ2) is 1.61. The highest BCUT2D eigenvalue weighted by atomic mass is 16.3. The first kappa shape index (κ1) is 4.76. The Hall–Kier alpha value is -1.39. The monoisotopic (exact) mass is 111 g/mol. The van der Waals surface area contributed by atoms with Crippen LogP contribution in [0.25, 0.3) is 0 Å². The minimum atomic E-state index is -0.405. The van der Waals surface area contributed by atoms with Gasteiger partial charge < -0.3 is 10.8 Å². The maximum atomic E-state index is 8.44. The molecule has 0 saturated carbocycles. The number of aromatic hydroxyl groups is 1. The van der Waals surface area contributed by atoms with Gasteiger partial charge in [-0.2, -0.15) is 15.0 Å². The van der Waals surface area contributed by atoms with Crippen LogP contribution in [0.15, 0.2) is 0 Å². The number of anilines is 1. The molecule has 1 aromatic rings. The SMILES string of the molecule is Nc1n[c]nc(O)n1. The van der Waals surface area contributed by atoms with Crippen LogP contribution in [0.2, 0.25) is 0 Å². The Morgan fingerprint density at radius 3 is 2.62 bits per heavy atom. The molecule has 0 aliphatic carbocycles. The number of aromatic nitrogens is 3. The summed E-state index contributed by atoms with van der Waals surface area (Å²) in [4.78, 5) is 9.73. The fraction of sp³-hybridized carbons (Fsp3) is 0. The minimum Gasteiger partial charge on any atom is -0.479 e. The summed E-state index contributed by atoms with van der Waals surface area (Å²) in [5, 5.41) is 8.44. The highest BCUT2D eigenvalue weighted by Crippen LogP contribution is 1.94. The average Bonchev–Trinajstić information content (AvgIpc) is 1.64. The zero-order valence-corrected chi connectivity index (χ0v) is 3.87. The maximum Gasteiger partial charge on any atom is 0.319 e. The van der Waals surface area contributed by atoms with E-state index < -0.39 is 6.01 Å². The second-order valence-corrected chi connectivity index (χ2v) is 1.09. The van der Waals surface area contributed by atoms with E-state index in [1.807, 2.05) is 0 Å². The molecule has 0 bridgehead atoms. The predicted octanol–water partition coefficient (Wildman–Crippen LogP) is -1.04. The Balaban J connectivity index is 3.08. The van der Waals surface area contributed by atoms with Crippen LogP contribution in [-0.4, -0.2) is 20.1 Å². The first-order valence-electron chi connectivity index (χ1n) is 1.85. The lowest BCUT2D eigenvalue weighted by Gasteiger charge is -1.86. The zero-order chi connectivity index (χ0) is 5.98. The van der Waals surface area contributed by atoms with E-state index >= 15 is 0 Å². The van der Waals surface area contributed by atoms with Crippen LogP contribution >= 0.6 is 0 Å². The number of hydrogen-bond donors (Lipinski definition) is 2. The largest absolute Gasteiger partial charge is 0.479 e. The lowest BCUT2D eigenvalue weighted by molar-refractivity contribution is 0.428. The van der Waals surface area contributed by atoms with Gasteiger partial charge in [0, 0.05) is 0 Å². The molecule has 0 fully saturated rings. The van der Waals surface area contributed by atoms with Gasteiger partial charge in [-0.1, -0.05) is 0 Å². The van der Waals surface area contributed by atoms with Crippen molar-refractivity contribution < 1.29 is 5.11 Å². The highest BCUT2D eigenvalue weighted by molar-refractivity contribution is 5.13. The van der Waals surface area contributed by atoms with Gasteiger partial charge in [0.2, 0.25) is 12.3 Å². The van der Waals surface area contributed by atoms with Crippen molar-refractivity contribution in [3.8, 4) is 6.01 Å². The van der Waals surface area contributed by atoms with Crippen molar-refractivity contribution in [1.29, 1.82) is 0 Å². The molecule has 0 saturated heterocycles. The molecule has 0 amide bonds. The van der Waals surface area contributed by atoms with Gasteiger partial charge in [0.1, 0.15) is 0 Å². The van der Waals surface area contributed by atoms with Crippen LogP contribution in [0, 0.1) is 6.33 Å². The third-order valence-electron chi connectivity index (χ3n) is 0.529. The number of nitrogens with two attached hydrogens (primary N) is 1. The van der Waals surface area contributed by atoms with Gasteiger partial charge in [0.15, 0.2) is 0 Å². The van der Waals surface area contributed by atoms with Crippen LogP contribution < -0.4 is 5.73 Å². The summed E-state index contributed by atoms with van der Waals surface area (Å²) in [7, 11) is 0. The molecular formula is C3H3N4O. The van der Waals surface area contributed by atoms with Gasteiger partial charge in [0.25, 0.3) is 0 Å². The summed E-state index contributed by atoms with van der Waals surface area (Å²) >= 11 is 0. The summed E-state index contributed by atoms with van der Waals surface area (Å²) in [5.74, 6) is -0.0301. The molecule has 1 radical (unpaired) electrons. The maximum absolute atomic E-state index is 8.44. The highest BCUT2D eigenvalue weighted by Gasteiger charge is 1.89. The topological polar surface area (TPSA) is 84.9 Å². The van der Waals surface area contributed by atoms with Gasteiger partial charge in [-0.15, -0.1) is 0 Å². The molecule has 1 aromatic heterocycles. The molecule has 5 nitrogen and oxygen atoms in total. The number of nitrogen functional groups attached to an aromatic ring is 1. The van der Waals surface area contributed by atoms with Gasteiger partial charge in [-0.3, -0.25) is 0 Å². The number of nitrogens with zero attached hydrogens (tertiary/aromatic N) is 3.